The predicted molar refractivity (Wildman–Crippen MR) is 90.6 cm³/mol. The largest absolute Gasteiger partial charge is 0.466 e. The molecular formula is C17H15BrN2O3. The molecule has 0 unspecified atom stereocenters. The van der Waals surface area contributed by atoms with Gasteiger partial charge in [0.2, 0.25) is 5.88 Å². The highest BCUT2D eigenvalue weighted by atomic mass is 79.9. The van der Waals surface area contributed by atoms with Gasteiger partial charge in [-0.05, 0) is 53.2 Å². The zero-order valence-electron chi connectivity index (χ0n) is 12.5. The fourth-order valence-corrected chi connectivity index (χ4v) is 2.47. The molecule has 2 aromatic heterocycles. The maximum absolute atomic E-state index is 11.5. The summed E-state index contributed by atoms with van der Waals surface area (Å²) in [7, 11) is 0. The van der Waals surface area contributed by atoms with Gasteiger partial charge in [-0.1, -0.05) is 0 Å². The van der Waals surface area contributed by atoms with Crippen molar-refractivity contribution in [1.82, 2.24) is 9.97 Å². The molecule has 0 saturated carbocycles. The Morgan fingerprint density at radius 2 is 2.13 bits per heavy atom. The Morgan fingerprint density at radius 3 is 2.87 bits per heavy atom. The monoisotopic (exact) mass is 374 g/mol. The van der Waals surface area contributed by atoms with Crippen molar-refractivity contribution in [2.75, 3.05) is 6.61 Å². The zero-order valence-corrected chi connectivity index (χ0v) is 14.1. The number of aromatic amines is 1. The summed E-state index contributed by atoms with van der Waals surface area (Å²) >= 11 is 3.34. The van der Waals surface area contributed by atoms with Crippen LogP contribution < -0.4 is 4.74 Å². The molecule has 0 spiro atoms. The number of H-pyrrole nitrogens is 1. The van der Waals surface area contributed by atoms with E-state index in [1.807, 2.05) is 30.3 Å². The average Bonchev–Trinajstić information content (AvgIpc) is 2.91. The lowest BCUT2D eigenvalue weighted by Crippen LogP contribution is -2.07. The Hall–Kier alpha value is -2.34. The highest BCUT2D eigenvalue weighted by Gasteiger charge is 2.08. The normalized spacial score (nSPS) is 10.7. The quantitative estimate of drug-likeness (QED) is 0.678. The molecule has 0 aliphatic rings. The molecule has 3 rings (SSSR count). The molecule has 0 bridgehead atoms. The minimum absolute atomic E-state index is 0.229. The van der Waals surface area contributed by atoms with Crippen LogP contribution in [-0.4, -0.2) is 22.5 Å². The lowest BCUT2D eigenvalue weighted by atomic mass is 10.2. The number of nitrogens with one attached hydrogen (secondary N) is 1. The topological polar surface area (TPSA) is 64.2 Å². The lowest BCUT2D eigenvalue weighted by molar-refractivity contribution is -0.142. The summed E-state index contributed by atoms with van der Waals surface area (Å²) in [5.41, 5.74) is 1.76. The smallest absolute Gasteiger partial charge is 0.311 e. The van der Waals surface area contributed by atoms with Gasteiger partial charge in [0.05, 0.1) is 13.0 Å². The molecule has 23 heavy (non-hydrogen) atoms. The molecule has 3 aromatic rings. The Bertz CT molecular complexity index is 827. The number of rotatable bonds is 5. The van der Waals surface area contributed by atoms with E-state index in [-0.39, 0.29) is 12.4 Å². The van der Waals surface area contributed by atoms with E-state index in [2.05, 4.69) is 25.9 Å². The van der Waals surface area contributed by atoms with E-state index in [4.69, 9.17) is 9.47 Å². The number of nitrogens with zero attached hydrogens (tertiary/aromatic N) is 1. The number of carbonyl (C=O) groups excluding carboxylic acids is 1. The van der Waals surface area contributed by atoms with Gasteiger partial charge in [0, 0.05) is 33.3 Å². The van der Waals surface area contributed by atoms with Crippen molar-refractivity contribution in [2.24, 2.45) is 0 Å². The van der Waals surface area contributed by atoms with Gasteiger partial charge >= 0.3 is 5.97 Å². The van der Waals surface area contributed by atoms with Crippen molar-refractivity contribution in [3.63, 3.8) is 0 Å². The van der Waals surface area contributed by atoms with E-state index in [0.717, 1.165) is 21.1 Å². The third-order valence-electron chi connectivity index (χ3n) is 3.21. The number of pyridine rings is 1. The first-order chi connectivity index (χ1) is 11.1. The van der Waals surface area contributed by atoms with Gasteiger partial charge in [0.15, 0.2) is 0 Å². The van der Waals surface area contributed by atoms with Crippen LogP contribution in [0.25, 0.3) is 10.9 Å². The Labute approximate surface area is 141 Å². The van der Waals surface area contributed by atoms with Crippen LogP contribution in [0.5, 0.6) is 11.6 Å². The standard InChI is InChI=1S/C17H15BrN2O3/c1-2-22-17(21)9-13-7-11-8-14(4-5-15(11)20-13)23-16-6-3-12(18)10-19-16/h3-8,10,20H,2,9H2,1H3. The zero-order chi connectivity index (χ0) is 16.2. The SMILES string of the molecule is CCOC(=O)Cc1cc2cc(Oc3ccc(Br)cn3)ccc2[nH]1. The van der Waals surface area contributed by atoms with E-state index in [1.165, 1.54) is 0 Å². The lowest BCUT2D eigenvalue weighted by Gasteiger charge is -2.04. The van der Waals surface area contributed by atoms with E-state index >= 15 is 0 Å². The number of ether oxygens (including phenoxy) is 2. The van der Waals surface area contributed by atoms with Crippen LogP contribution in [0.15, 0.2) is 47.1 Å². The predicted octanol–water partition coefficient (Wildman–Crippen LogP) is 4.22. The molecule has 0 atom stereocenters. The van der Waals surface area contributed by atoms with Crippen LogP contribution in [0, 0.1) is 0 Å². The highest BCUT2D eigenvalue weighted by Crippen LogP contribution is 2.26. The summed E-state index contributed by atoms with van der Waals surface area (Å²) in [6.45, 7) is 2.18. The van der Waals surface area contributed by atoms with Crippen molar-refractivity contribution >= 4 is 32.8 Å². The number of carbonyl (C=O) groups is 1. The number of esters is 1. The second-order valence-electron chi connectivity index (χ2n) is 4.94. The first-order valence-electron chi connectivity index (χ1n) is 7.20. The summed E-state index contributed by atoms with van der Waals surface area (Å²) in [5, 5.41) is 0.971. The van der Waals surface area contributed by atoms with Gasteiger partial charge in [-0.25, -0.2) is 4.98 Å². The first kappa shape index (κ1) is 15.6. The molecule has 1 aromatic carbocycles. The number of halogens is 1. The van der Waals surface area contributed by atoms with E-state index in [1.54, 1.807) is 19.2 Å². The molecule has 0 saturated heterocycles. The van der Waals surface area contributed by atoms with Crippen LogP contribution in [0.3, 0.4) is 0 Å². The molecule has 0 radical (unpaired) electrons. The van der Waals surface area contributed by atoms with Gasteiger partial charge in [0.25, 0.3) is 0 Å². The number of hydrogen-bond donors (Lipinski definition) is 1. The van der Waals surface area contributed by atoms with Crippen LogP contribution in [0.4, 0.5) is 0 Å². The van der Waals surface area contributed by atoms with Gasteiger partial charge in [0.1, 0.15) is 5.75 Å². The number of hydrogen-bond acceptors (Lipinski definition) is 4. The van der Waals surface area contributed by atoms with E-state index in [0.29, 0.717) is 18.2 Å². The molecule has 0 fully saturated rings. The summed E-state index contributed by atoms with van der Waals surface area (Å²) in [6.07, 6.45) is 1.91. The number of aromatic nitrogens is 2. The summed E-state index contributed by atoms with van der Waals surface area (Å²) in [6, 6.07) is 11.3. The van der Waals surface area contributed by atoms with Crippen molar-refractivity contribution in [1.29, 1.82) is 0 Å². The van der Waals surface area contributed by atoms with Crippen LogP contribution in [0.2, 0.25) is 0 Å². The first-order valence-corrected chi connectivity index (χ1v) is 8.00. The maximum atomic E-state index is 11.5. The molecule has 0 amide bonds. The molecule has 5 nitrogen and oxygen atoms in total. The van der Waals surface area contributed by atoms with Gasteiger partial charge in [-0.15, -0.1) is 0 Å². The molecule has 0 aliphatic carbocycles. The highest BCUT2D eigenvalue weighted by molar-refractivity contribution is 9.10. The minimum Gasteiger partial charge on any atom is -0.466 e. The molecular weight excluding hydrogens is 360 g/mol. The van der Waals surface area contributed by atoms with Crippen molar-refractivity contribution in [2.45, 2.75) is 13.3 Å². The number of benzene rings is 1. The fourth-order valence-electron chi connectivity index (χ4n) is 2.24. The summed E-state index contributed by atoms with van der Waals surface area (Å²) < 4.78 is 11.6. The second-order valence-corrected chi connectivity index (χ2v) is 5.86. The van der Waals surface area contributed by atoms with E-state index in [9.17, 15) is 4.79 Å². The Kier molecular flexibility index (Phi) is 4.62. The summed E-state index contributed by atoms with van der Waals surface area (Å²) in [5.74, 6) is 0.971. The van der Waals surface area contributed by atoms with Crippen LogP contribution in [-0.2, 0) is 16.0 Å². The minimum atomic E-state index is -0.241. The average molecular weight is 375 g/mol. The second kappa shape index (κ2) is 6.83. The molecule has 6 heteroatoms. The van der Waals surface area contributed by atoms with Gasteiger partial charge in [-0.3, -0.25) is 4.79 Å². The summed E-state index contributed by atoms with van der Waals surface area (Å²) in [4.78, 5) is 18.9. The molecule has 0 aliphatic heterocycles. The molecule has 2 heterocycles. The maximum Gasteiger partial charge on any atom is 0.311 e. The molecule has 118 valence electrons. The van der Waals surface area contributed by atoms with E-state index < -0.39 is 0 Å². The third kappa shape index (κ3) is 3.90. The van der Waals surface area contributed by atoms with Crippen LogP contribution >= 0.6 is 15.9 Å². The fraction of sp³-hybridized carbons (Fsp3) is 0.176. The Morgan fingerprint density at radius 1 is 1.26 bits per heavy atom. The van der Waals surface area contributed by atoms with Gasteiger partial charge in [-0.2, -0.15) is 0 Å². The van der Waals surface area contributed by atoms with Gasteiger partial charge < -0.3 is 14.5 Å². The van der Waals surface area contributed by atoms with Crippen molar-refractivity contribution in [3.05, 3.63) is 52.8 Å². The third-order valence-corrected chi connectivity index (χ3v) is 3.68. The van der Waals surface area contributed by atoms with Crippen LogP contribution in [0.1, 0.15) is 12.6 Å². The van der Waals surface area contributed by atoms with Crippen molar-refractivity contribution < 1.29 is 14.3 Å². The van der Waals surface area contributed by atoms with Crippen molar-refractivity contribution in [3.8, 4) is 11.6 Å². The molecule has 1 N–H and O–H groups in total. The number of fused-ring (bicyclic) bond motifs is 1. The Balaban J connectivity index is 1.78.